The topological polar surface area (TPSA) is 76.4 Å². The van der Waals surface area contributed by atoms with E-state index in [1.807, 2.05) is 38.2 Å². The van der Waals surface area contributed by atoms with Crippen molar-refractivity contribution in [1.82, 2.24) is 30.0 Å². The first-order valence-electron chi connectivity index (χ1n) is 9.85. The number of ether oxygens (including phenoxy) is 1. The highest BCUT2D eigenvalue weighted by Gasteiger charge is 2.22. The van der Waals surface area contributed by atoms with Crippen LogP contribution in [0.15, 0.2) is 24.3 Å². The third-order valence-electron chi connectivity index (χ3n) is 5.68. The summed E-state index contributed by atoms with van der Waals surface area (Å²) in [7, 11) is 3.45. The predicted octanol–water partition coefficient (Wildman–Crippen LogP) is 2.13. The van der Waals surface area contributed by atoms with Crippen molar-refractivity contribution in [1.29, 1.82) is 0 Å². The normalized spacial score (nSPS) is 16.7. The smallest absolute Gasteiger partial charge is 0.244 e. The lowest BCUT2D eigenvalue weighted by Crippen LogP contribution is -2.35. The zero-order chi connectivity index (χ0) is 20.1. The van der Waals surface area contributed by atoms with Gasteiger partial charge in [0.05, 0.1) is 19.7 Å². The fourth-order valence-electron chi connectivity index (χ4n) is 3.46. The van der Waals surface area contributed by atoms with E-state index in [1.54, 1.807) is 16.7 Å². The van der Waals surface area contributed by atoms with Crippen LogP contribution < -0.4 is 4.74 Å². The van der Waals surface area contributed by atoms with Crippen LogP contribution in [0.4, 0.5) is 0 Å². The largest absolute Gasteiger partial charge is 0.497 e. The van der Waals surface area contributed by atoms with Gasteiger partial charge >= 0.3 is 0 Å². The fraction of sp³-hybridized carbons (Fsp3) is 0.600. The summed E-state index contributed by atoms with van der Waals surface area (Å²) in [4.78, 5) is 16.9. The first kappa shape index (κ1) is 20.3. The standard InChI is InChI=1S/C20H30N6O2/c1-15-8-10-25(11-9-15)13-19-21-22-23-26(19)14-20(27)24(3)16(2)17-6-5-7-18(12-17)28-4/h5-7,12,15-16H,8-11,13-14H2,1-4H3. The summed E-state index contributed by atoms with van der Waals surface area (Å²) in [5.41, 5.74) is 1.02. The predicted molar refractivity (Wildman–Crippen MR) is 106 cm³/mol. The zero-order valence-electron chi connectivity index (χ0n) is 17.2. The Bertz CT molecular complexity index is 785. The molecule has 1 aliphatic heterocycles. The average molecular weight is 387 g/mol. The Morgan fingerprint density at radius 3 is 2.82 bits per heavy atom. The maximum absolute atomic E-state index is 12.8. The Morgan fingerprint density at radius 2 is 2.11 bits per heavy atom. The number of rotatable bonds is 7. The molecule has 0 aliphatic carbocycles. The number of hydrogen-bond donors (Lipinski definition) is 0. The van der Waals surface area contributed by atoms with Gasteiger partial charge in [-0.05, 0) is 66.9 Å². The van der Waals surface area contributed by atoms with Gasteiger partial charge in [0.25, 0.3) is 0 Å². The van der Waals surface area contributed by atoms with Gasteiger partial charge in [-0.3, -0.25) is 9.69 Å². The molecule has 0 saturated carbocycles. The summed E-state index contributed by atoms with van der Waals surface area (Å²) in [6.45, 7) is 7.21. The lowest BCUT2D eigenvalue weighted by atomic mass is 9.99. The van der Waals surface area contributed by atoms with E-state index < -0.39 is 0 Å². The highest BCUT2D eigenvalue weighted by molar-refractivity contribution is 5.76. The molecule has 0 N–H and O–H groups in total. The Kier molecular flexibility index (Phi) is 6.61. The van der Waals surface area contributed by atoms with E-state index in [4.69, 9.17) is 4.74 Å². The van der Waals surface area contributed by atoms with Gasteiger partial charge in [-0.25, -0.2) is 4.68 Å². The second-order valence-electron chi connectivity index (χ2n) is 7.67. The van der Waals surface area contributed by atoms with Crippen molar-refractivity contribution in [2.24, 2.45) is 5.92 Å². The van der Waals surface area contributed by atoms with Crippen LogP contribution >= 0.6 is 0 Å². The summed E-state index contributed by atoms with van der Waals surface area (Å²) in [6.07, 6.45) is 2.39. The Labute approximate surface area is 166 Å². The molecule has 28 heavy (non-hydrogen) atoms. The minimum Gasteiger partial charge on any atom is -0.497 e. The molecular formula is C20H30N6O2. The number of carbonyl (C=O) groups is 1. The van der Waals surface area contributed by atoms with Crippen molar-refractivity contribution in [3.05, 3.63) is 35.7 Å². The molecule has 1 aromatic heterocycles. The molecule has 1 saturated heterocycles. The maximum Gasteiger partial charge on any atom is 0.244 e. The van der Waals surface area contributed by atoms with Crippen molar-refractivity contribution in [2.75, 3.05) is 27.2 Å². The molecule has 152 valence electrons. The van der Waals surface area contributed by atoms with Crippen molar-refractivity contribution in [3.63, 3.8) is 0 Å². The van der Waals surface area contributed by atoms with Crippen LogP contribution in [0.2, 0.25) is 0 Å². The van der Waals surface area contributed by atoms with Crippen LogP contribution in [-0.4, -0.2) is 63.2 Å². The molecule has 8 heteroatoms. The minimum absolute atomic E-state index is 0.0314. The molecular weight excluding hydrogens is 356 g/mol. The van der Waals surface area contributed by atoms with Gasteiger partial charge in [0, 0.05) is 7.05 Å². The molecule has 2 aromatic rings. The van der Waals surface area contributed by atoms with E-state index in [0.717, 1.165) is 36.1 Å². The Balaban J connectivity index is 1.62. The number of likely N-dealkylation sites (tertiary alicyclic amines) is 1. The number of likely N-dealkylation sites (N-methyl/N-ethyl adjacent to an activating group) is 1. The highest BCUT2D eigenvalue weighted by atomic mass is 16.5. The van der Waals surface area contributed by atoms with Gasteiger partial charge in [0.2, 0.25) is 5.91 Å². The summed E-state index contributed by atoms with van der Waals surface area (Å²) in [5, 5.41) is 12.0. The molecule has 1 unspecified atom stereocenters. The Hall–Kier alpha value is -2.48. The van der Waals surface area contributed by atoms with Crippen LogP contribution in [-0.2, 0) is 17.9 Å². The highest BCUT2D eigenvalue weighted by Crippen LogP contribution is 2.23. The molecule has 1 amide bonds. The second kappa shape index (κ2) is 9.14. The minimum atomic E-state index is -0.0777. The lowest BCUT2D eigenvalue weighted by molar-refractivity contribution is -0.132. The number of benzene rings is 1. The maximum atomic E-state index is 12.8. The average Bonchev–Trinajstić information content (AvgIpc) is 3.15. The van der Waals surface area contributed by atoms with Crippen LogP contribution in [0, 0.1) is 5.92 Å². The van der Waals surface area contributed by atoms with E-state index in [1.165, 1.54) is 12.8 Å². The van der Waals surface area contributed by atoms with Gasteiger partial charge in [0.1, 0.15) is 12.3 Å². The molecule has 3 rings (SSSR count). The molecule has 0 radical (unpaired) electrons. The van der Waals surface area contributed by atoms with E-state index in [2.05, 4.69) is 27.3 Å². The first-order chi connectivity index (χ1) is 13.5. The number of piperidine rings is 1. The number of amides is 1. The molecule has 1 aromatic carbocycles. The van der Waals surface area contributed by atoms with Gasteiger partial charge < -0.3 is 9.64 Å². The number of aromatic nitrogens is 4. The fourth-order valence-corrected chi connectivity index (χ4v) is 3.46. The quantitative estimate of drug-likeness (QED) is 0.726. The van der Waals surface area contributed by atoms with E-state index in [0.29, 0.717) is 6.54 Å². The second-order valence-corrected chi connectivity index (χ2v) is 7.67. The van der Waals surface area contributed by atoms with Crippen molar-refractivity contribution in [3.8, 4) is 5.75 Å². The van der Waals surface area contributed by atoms with Crippen molar-refractivity contribution < 1.29 is 9.53 Å². The summed E-state index contributed by atoms with van der Waals surface area (Å²) >= 11 is 0. The van der Waals surface area contributed by atoms with E-state index >= 15 is 0 Å². The van der Waals surface area contributed by atoms with Crippen molar-refractivity contribution in [2.45, 2.75) is 45.8 Å². The first-order valence-corrected chi connectivity index (χ1v) is 9.85. The molecule has 0 bridgehead atoms. The summed E-state index contributed by atoms with van der Waals surface area (Å²) < 4.78 is 6.91. The van der Waals surface area contributed by atoms with Crippen molar-refractivity contribution >= 4 is 5.91 Å². The van der Waals surface area contributed by atoms with Gasteiger partial charge in [0.15, 0.2) is 5.82 Å². The Morgan fingerprint density at radius 1 is 1.36 bits per heavy atom. The van der Waals surface area contributed by atoms with E-state index in [9.17, 15) is 4.79 Å². The number of carbonyl (C=O) groups excluding carboxylic acids is 1. The zero-order valence-corrected chi connectivity index (χ0v) is 17.2. The number of methoxy groups -OCH3 is 1. The third kappa shape index (κ3) is 4.86. The van der Waals surface area contributed by atoms with Gasteiger partial charge in [-0.1, -0.05) is 19.1 Å². The monoisotopic (exact) mass is 386 g/mol. The molecule has 1 atom stereocenters. The molecule has 1 fully saturated rings. The van der Waals surface area contributed by atoms with Gasteiger partial charge in [-0.2, -0.15) is 0 Å². The van der Waals surface area contributed by atoms with Crippen LogP contribution in [0.1, 0.15) is 44.1 Å². The molecule has 1 aliphatic rings. The number of tetrazole rings is 1. The van der Waals surface area contributed by atoms with Crippen LogP contribution in [0.5, 0.6) is 5.75 Å². The van der Waals surface area contributed by atoms with Crippen LogP contribution in [0.3, 0.4) is 0 Å². The molecule has 0 spiro atoms. The third-order valence-corrected chi connectivity index (χ3v) is 5.68. The summed E-state index contributed by atoms with van der Waals surface area (Å²) in [5.74, 6) is 2.27. The van der Waals surface area contributed by atoms with E-state index in [-0.39, 0.29) is 18.5 Å². The molecule has 8 nitrogen and oxygen atoms in total. The van der Waals surface area contributed by atoms with Gasteiger partial charge in [-0.15, -0.1) is 5.10 Å². The lowest BCUT2D eigenvalue weighted by Gasteiger charge is -2.29. The van der Waals surface area contributed by atoms with Crippen LogP contribution in [0.25, 0.3) is 0 Å². The summed E-state index contributed by atoms with van der Waals surface area (Å²) in [6, 6.07) is 7.70. The molecule has 2 heterocycles. The SMILES string of the molecule is COc1cccc(C(C)N(C)C(=O)Cn2nnnc2CN2CCC(C)CC2)c1. The number of nitrogens with zero attached hydrogens (tertiary/aromatic N) is 6. The number of hydrogen-bond acceptors (Lipinski definition) is 6.